The zero-order chi connectivity index (χ0) is 6.24. The van der Waals surface area contributed by atoms with E-state index in [4.69, 9.17) is 9.47 Å². The van der Waals surface area contributed by atoms with Crippen LogP contribution in [0.15, 0.2) is 0 Å². The van der Waals surface area contributed by atoms with E-state index in [0.29, 0.717) is 6.61 Å². The van der Waals surface area contributed by atoms with Crippen LogP contribution in [0, 0.1) is 0 Å². The lowest BCUT2D eigenvalue weighted by Crippen LogP contribution is -2.01. The Morgan fingerprint density at radius 3 is 2.22 bits per heavy atom. The van der Waals surface area contributed by atoms with Crippen molar-refractivity contribution in [1.29, 1.82) is 0 Å². The third-order valence-corrected chi connectivity index (χ3v) is 0.780. The Morgan fingerprint density at radius 2 is 1.78 bits per heavy atom. The molecule has 0 amide bonds. The molecule has 0 heterocycles. The second-order valence-electron chi connectivity index (χ2n) is 1.61. The van der Waals surface area contributed by atoms with Gasteiger partial charge in [0.25, 0.3) is 0 Å². The lowest BCUT2D eigenvalue weighted by atomic mass is 10.5. The number of rotatable bonds is 5. The molecule has 3 heteroatoms. The smallest absolute Gasteiger partial charge is 0.0700 e. The van der Waals surface area contributed by atoms with Crippen molar-refractivity contribution in [3.63, 3.8) is 0 Å². The molecule has 0 aliphatic heterocycles. The van der Waals surface area contributed by atoms with E-state index < -0.39 is 0 Å². The van der Waals surface area contributed by atoms with Gasteiger partial charge in [0.2, 0.25) is 0 Å². The minimum absolute atomic E-state index is 0. The van der Waals surface area contributed by atoms with E-state index in [2.05, 4.69) is 6.92 Å². The van der Waals surface area contributed by atoms with E-state index >= 15 is 0 Å². The summed E-state index contributed by atoms with van der Waals surface area (Å²) in [6.45, 7) is 4.38. The van der Waals surface area contributed by atoms with Crippen molar-refractivity contribution >= 4 is 0 Å². The summed E-state index contributed by atoms with van der Waals surface area (Å²) in [7, 11) is 1.68. The fraction of sp³-hybridized carbons (Fsp3) is 1.00. The molecule has 3 nitrogen and oxygen atoms in total. The second-order valence-corrected chi connectivity index (χ2v) is 1.61. The zero-order valence-corrected chi connectivity index (χ0v) is 6.35. The Bertz CT molecular complexity index is 36.0. The Labute approximate surface area is 56.9 Å². The van der Waals surface area contributed by atoms with Gasteiger partial charge in [0.05, 0.1) is 13.2 Å². The van der Waals surface area contributed by atoms with E-state index in [1.807, 2.05) is 0 Å². The van der Waals surface area contributed by atoms with Crippen LogP contribution in [0.4, 0.5) is 0 Å². The molecule has 0 bridgehead atoms. The lowest BCUT2D eigenvalue weighted by Gasteiger charge is -1.98. The molecule has 0 aromatic carbocycles. The van der Waals surface area contributed by atoms with Gasteiger partial charge in [-0.1, -0.05) is 6.92 Å². The minimum atomic E-state index is 0. The molecule has 0 rings (SSSR count). The van der Waals surface area contributed by atoms with Crippen molar-refractivity contribution in [2.24, 2.45) is 0 Å². The van der Waals surface area contributed by atoms with Gasteiger partial charge < -0.3 is 15.6 Å². The maximum absolute atomic E-state index is 5.10. The molecular formula is C6H17NO2. The Morgan fingerprint density at radius 1 is 1.11 bits per heavy atom. The third-order valence-electron chi connectivity index (χ3n) is 0.780. The fourth-order valence-corrected chi connectivity index (χ4v) is 0.389. The molecule has 0 radical (unpaired) electrons. The van der Waals surface area contributed by atoms with Gasteiger partial charge >= 0.3 is 0 Å². The Kier molecular flexibility index (Phi) is 14.0. The first kappa shape index (κ1) is 11.6. The summed E-state index contributed by atoms with van der Waals surface area (Å²) in [5.74, 6) is 0. The van der Waals surface area contributed by atoms with Gasteiger partial charge in [-0.15, -0.1) is 0 Å². The van der Waals surface area contributed by atoms with Crippen LogP contribution in [0.3, 0.4) is 0 Å². The van der Waals surface area contributed by atoms with Crippen LogP contribution in [0.25, 0.3) is 0 Å². The van der Waals surface area contributed by atoms with Gasteiger partial charge in [0.1, 0.15) is 0 Å². The van der Waals surface area contributed by atoms with Crippen molar-refractivity contribution in [3.05, 3.63) is 0 Å². The second kappa shape index (κ2) is 10.8. The molecule has 0 aliphatic rings. The highest BCUT2D eigenvalue weighted by Crippen LogP contribution is 1.78. The normalized spacial score (nSPS) is 8.67. The highest BCUT2D eigenvalue weighted by Gasteiger charge is 1.81. The molecule has 0 unspecified atom stereocenters. The first-order valence-corrected chi connectivity index (χ1v) is 2.98. The summed E-state index contributed by atoms with van der Waals surface area (Å²) in [6, 6.07) is 0. The van der Waals surface area contributed by atoms with E-state index in [1.54, 1.807) is 7.11 Å². The summed E-state index contributed by atoms with van der Waals surface area (Å²) in [5.41, 5.74) is 0. The molecule has 0 spiro atoms. The maximum atomic E-state index is 5.10. The zero-order valence-electron chi connectivity index (χ0n) is 6.35. The molecule has 0 saturated carbocycles. The van der Waals surface area contributed by atoms with Crippen LogP contribution in [-0.4, -0.2) is 26.9 Å². The number of hydrogen-bond acceptors (Lipinski definition) is 3. The quantitative estimate of drug-likeness (QED) is 0.577. The first-order valence-electron chi connectivity index (χ1n) is 2.98. The molecule has 0 aromatic heterocycles. The fourth-order valence-electron chi connectivity index (χ4n) is 0.389. The summed E-state index contributed by atoms with van der Waals surface area (Å²) in [4.78, 5) is 0. The van der Waals surface area contributed by atoms with E-state index in [-0.39, 0.29) is 6.15 Å². The van der Waals surface area contributed by atoms with Crippen LogP contribution in [0.1, 0.15) is 13.3 Å². The maximum Gasteiger partial charge on any atom is 0.0700 e. The van der Waals surface area contributed by atoms with Crippen molar-refractivity contribution < 1.29 is 9.47 Å². The van der Waals surface area contributed by atoms with Gasteiger partial charge in [-0.25, -0.2) is 0 Å². The average molecular weight is 135 g/mol. The molecule has 0 aromatic rings. The van der Waals surface area contributed by atoms with E-state index in [0.717, 1.165) is 19.6 Å². The van der Waals surface area contributed by atoms with Crippen LogP contribution < -0.4 is 6.15 Å². The highest BCUT2D eigenvalue weighted by atomic mass is 16.5. The molecule has 58 valence electrons. The summed E-state index contributed by atoms with van der Waals surface area (Å²) in [6.07, 6.45) is 1.09. The standard InChI is InChI=1S/C6H14O2.H3N/c1-3-4-8-6-5-7-2;/h3-6H2,1-2H3;1H3. The largest absolute Gasteiger partial charge is 0.382 e. The third kappa shape index (κ3) is 11.4. The van der Waals surface area contributed by atoms with Crippen molar-refractivity contribution in [2.75, 3.05) is 26.9 Å². The predicted molar refractivity (Wildman–Crippen MR) is 38.0 cm³/mol. The van der Waals surface area contributed by atoms with Crippen LogP contribution in [-0.2, 0) is 9.47 Å². The van der Waals surface area contributed by atoms with Crippen LogP contribution >= 0.6 is 0 Å². The Hall–Kier alpha value is -0.120. The first-order chi connectivity index (χ1) is 3.91. The molecule has 0 aliphatic carbocycles. The van der Waals surface area contributed by atoms with Crippen LogP contribution in [0.2, 0.25) is 0 Å². The SMILES string of the molecule is CCCOCCOC.N. The van der Waals surface area contributed by atoms with Crippen molar-refractivity contribution in [3.8, 4) is 0 Å². The summed E-state index contributed by atoms with van der Waals surface area (Å²) < 4.78 is 9.86. The molecule has 0 atom stereocenters. The molecule has 0 fully saturated rings. The van der Waals surface area contributed by atoms with Crippen molar-refractivity contribution in [2.45, 2.75) is 13.3 Å². The van der Waals surface area contributed by atoms with Gasteiger partial charge in [0, 0.05) is 13.7 Å². The van der Waals surface area contributed by atoms with Gasteiger partial charge in [-0.2, -0.15) is 0 Å². The monoisotopic (exact) mass is 135 g/mol. The predicted octanol–water partition coefficient (Wildman–Crippen LogP) is 1.22. The van der Waals surface area contributed by atoms with Gasteiger partial charge in [0.15, 0.2) is 0 Å². The molecule has 3 N–H and O–H groups in total. The summed E-state index contributed by atoms with van der Waals surface area (Å²) in [5, 5.41) is 0. The van der Waals surface area contributed by atoms with E-state index in [9.17, 15) is 0 Å². The van der Waals surface area contributed by atoms with Gasteiger partial charge in [-0.05, 0) is 6.42 Å². The van der Waals surface area contributed by atoms with Crippen LogP contribution in [0.5, 0.6) is 0 Å². The average Bonchev–Trinajstić information content (AvgIpc) is 1.81. The topological polar surface area (TPSA) is 53.5 Å². The van der Waals surface area contributed by atoms with Crippen molar-refractivity contribution in [1.82, 2.24) is 6.15 Å². The number of ether oxygens (including phenoxy) is 2. The number of methoxy groups -OCH3 is 1. The molecule has 9 heavy (non-hydrogen) atoms. The lowest BCUT2D eigenvalue weighted by molar-refractivity contribution is 0.0710. The summed E-state index contributed by atoms with van der Waals surface area (Å²) >= 11 is 0. The Balaban J connectivity index is 0. The molecular weight excluding hydrogens is 118 g/mol. The van der Waals surface area contributed by atoms with E-state index in [1.165, 1.54) is 0 Å². The highest BCUT2D eigenvalue weighted by molar-refractivity contribution is 4.26. The molecule has 0 saturated heterocycles. The number of hydrogen-bond donors (Lipinski definition) is 1. The minimum Gasteiger partial charge on any atom is -0.382 e. The van der Waals surface area contributed by atoms with Gasteiger partial charge in [-0.3, -0.25) is 0 Å².